The molecule has 3 nitrogen and oxygen atoms in total. The fraction of sp³-hybridized carbons (Fsp3) is 0.300. The van der Waals surface area contributed by atoms with Gasteiger partial charge in [-0.25, -0.2) is 0 Å². The number of nitrogens with one attached hydrogen (secondary N) is 1. The SMILES string of the molecule is CC(=O)Oc1ccc2c(c1)CCN2. The zero-order chi connectivity index (χ0) is 9.26. The van der Waals surface area contributed by atoms with Crippen molar-refractivity contribution in [1.29, 1.82) is 0 Å². The van der Waals surface area contributed by atoms with E-state index in [2.05, 4.69) is 5.32 Å². The van der Waals surface area contributed by atoms with Crippen molar-refractivity contribution in [3.8, 4) is 5.75 Å². The first-order valence-electron chi connectivity index (χ1n) is 4.31. The van der Waals surface area contributed by atoms with Crippen molar-refractivity contribution >= 4 is 11.7 Å². The molecule has 0 aliphatic carbocycles. The number of fused-ring (bicyclic) bond motifs is 1. The molecule has 1 N–H and O–H groups in total. The second-order valence-corrected chi connectivity index (χ2v) is 3.09. The molecule has 0 spiro atoms. The van der Waals surface area contributed by atoms with Gasteiger partial charge in [0.25, 0.3) is 0 Å². The van der Waals surface area contributed by atoms with Crippen molar-refractivity contribution in [2.75, 3.05) is 11.9 Å². The van der Waals surface area contributed by atoms with Crippen LogP contribution in [0.25, 0.3) is 0 Å². The molecule has 0 aromatic heterocycles. The molecule has 1 aliphatic rings. The molecule has 0 bridgehead atoms. The molecule has 0 unspecified atom stereocenters. The lowest BCUT2D eigenvalue weighted by atomic mass is 10.1. The van der Waals surface area contributed by atoms with Crippen molar-refractivity contribution in [2.24, 2.45) is 0 Å². The van der Waals surface area contributed by atoms with Crippen LogP contribution in [0.2, 0.25) is 0 Å². The van der Waals surface area contributed by atoms with Gasteiger partial charge in [-0.2, -0.15) is 0 Å². The van der Waals surface area contributed by atoms with Gasteiger partial charge in [-0.3, -0.25) is 4.79 Å². The summed E-state index contributed by atoms with van der Waals surface area (Å²) >= 11 is 0. The molecule has 0 amide bonds. The average Bonchev–Trinajstić information content (AvgIpc) is 2.49. The largest absolute Gasteiger partial charge is 0.427 e. The van der Waals surface area contributed by atoms with E-state index in [0.29, 0.717) is 5.75 Å². The first kappa shape index (κ1) is 8.10. The number of carbonyl (C=O) groups excluding carboxylic acids is 1. The molecule has 0 saturated heterocycles. The molecule has 3 heteroatoms. The fourth-order valence-corrected chi connectivity index (χ4v) is 1.51. The van der Waals surface area contributed by atoms with E-state index < -0.39 is 0 Å². The highest BCUT2D eigenvalue weighted by molar-refractivity contribution is 5.70. The van der Waals surface area contributed by atoms with Crippen LogP contribution in [0.15, 0.2) is 18.2 Å². The lowest BCUT2D eigenvalue weighted by molar-refractivity contribution is -0.131. The minimum absolute atomic E-state index is 0.272. The predicted octanol–water partition coefficient (Wildman–Crippen LogP) is 1.58. The van der Waals surface area contributed by atoms with Crippen molar-refractivity contribution < 1.29 is 9.53 Å². The third-order valence-corrected chi connectivity index (χ3v) is 2.05. The number of benzene rings is 1. The second kappa shape index (κ2) is 3.09. The van der Waals surface area contributed by atoms with Gasteiger partial charge in [0.05, 0.1) is 0 Å². The van der Waals surface area contributed by atoms with Gasteiger partial charge in [0.1, 0.15) is 5.75 Å². The lowest BCUT2D eigenvalue weighted by Gasteiger charge is -2.03. The average molecular weight is 177 g/mol. The fourth-order valence-electron chi connectivity index (χ4n) is 1.51. The molecule has 0 radical (unpaired) electrons. The van der Waals surface area contributed by atoms with E-state index in [4.69, 9.17) is 4.74 Å². The second-order valence-electron chi connectivity index (χ2n) is 3.09. The molecule has 1 aromatic carbocycles. The normalized spacial score (nSPS) is 13.3. The van der Waals surface area contributed by atoms with Crippen molar-refractivity contribution in [1.82, 2.24) is 0 Å². The molecular weight excluding hydrogens is 166 g/mol. The van der Waals surface area contributed by atoms with E-state index in [1.807, 2.05) is 12.1 Å². The Morgan fingerprint density at radius 1 is 1.54 bits per heavy atom. The molecule has 1 heterocycles. The summed E-state index contributed by atoms with van der Waals surface area (Å²) in [6.45, 7) is 2.38. The van der Waals surface area contributed by atoms with Crippen LogP contribution in [-0.2, 0) is 11.2 Å². The van der Waals surface area contributed by atoms with Crippen LogP contribution in [0, 0.1) is 0 Å². The van der Waals surface area contributed by atoms with E-state index in [9.17, 15) is 4.79 Å². The van der Waals surface area contributed by atoms with Crippen LogP contribution < -0.4 is 10.1 Å². The summed E-state index contributed by atoms with van der Waals surface area (Å²) < 4.78 is 4.97. The number of hydrogen-bond donors (Lipinski definition) is 1. The molecule has 0 fully saturated rings. The van der Waals surface area contributed by atoms with Gasteiger partial charge >= 0.3 is 5.97 Å². The number of ether oxygens (including phenoxy) is 1. The van der Waals surface area contributed by atoms with Crippen molar-refractivity contribution in [3.63, 3.8) is 0 Å². The van der Waals surface area contributed by atoms with Gasteiger partial charge in [-0.15, -0.1) is 0 Å². The summed E-state index contributed by atoms with van der Waals surface area (Å²) in [5, 5.41) is 3.24. The van der Waals surface area contributed by atoms with Crippen LogP contribution in [0.1, 0.15) is 12.5 Å². The summed E-state index contributed by atoms with van der Waals surface area (Å²) in [6.07, 6.45) is 1.00. The van der Waals surface area contributed by atoms with Gasteiger partial charge in [-0.1, -0.05) is 0 Å². The monoisotopic (exact) mass is 177 g/mol. The highest BCUT2D eigenvalue weighted by atomic mass is 16.5. The Kier molecular flexibility index (Phi) is 1.93. The number of rotatable bonds is 1. The molecule has 1 aromatic rings. The molecule has 0 saturated carbocycles. The zero-order valence-electron chi connectivity index (χ0n) is 7.46. The molecule has 0 atom stereocenters. The first-order valence-corrected chi connectivity index (χ1v) is 4.31. The zero-order valence-corrected chi connectivity index (χ0v) is 7.46. The van der Waals surface area contributed by atoms with Gasteiger partial charge in [0.15, 0.2) is 0 Å². The maximum atomic E-state index is 10.7. The topological polar surface area (TPSA) is 38.3 Å². The Hall–Kier alpha value is -1.51. The first-order chi connectivity index (χ1) is 6.25. The maximum Gasteiger partial charge on any atom is 0.308 e. The van der Waals surface area contributed by atoms with E-state index >= 15 is 0 Å². The Morgan fingerprint density at radius 3 is 3.15 bits per heavy atom. The van der Waals surface area contributed by atoms with Crippen LogP contribution in [0.3, 0.4) is 0 Å². The lowest BCUT2D eigenvalue weighted by Crippen LogP contribution is -2.01. The highest BCUT2D eigenvalue weighted by Gasteiger charge is 2.10. The van der Waals surface area contributed by atoms with Crippen LogP contribution in [0.5, 0.6) is 5.75 Å². The predicted molar refractivity (Wildman–Crippen MR) is 49.9 cm³/mol. The van der Waals surface area contributed by atoms with Crippen LogP contribution in [0.4, 0.5) is 5.69 Å². The summed E-state index contributed by atoms with van der Waals surface area (Å²) in [7, 11) is 0. The maximum absolute atomic E-state index is 10.7. The molecule has 2 rings (SSSR count). The third-order valence-electron chi connectivity index (χ3n) is 2.05. The minimum Gasteiger partial charge on any atom is -0.427 e. The van der Waals surface area contributed by atoms with Crippen molar-refractivity contribution in [2.45, 2.75) is 13.3 Å². The number of esters is 1. The van der Waals surface area contributed by atoms with E-state index in [0.717, 1.165) is 18.7 Å². The van der Waals surface area contributed by atoms with Crippen LogP contribution >= 0.6 is 0 Å². The third kappa shape index (κ3) is 1.64. The van der Waals surface area contributed by atoms with Gasteiger partial charge in [-0.05, 0) is 30.2 Å². The molecule has 68 valence electrons. The number of hydrogen-bond acceptors (Lipinski definition) is 3. The summed E-state index contributed by atoms with van der Waals surface area (Å²) in [5.41, 5.74) is 2.37. The Bertz CT molecular complexity index is 347. The quantitative estimate of drug-likeness (QED) is 0.522. The molecule has 13 heavy (non-hydrogen) atoms. The summed E-state index contributed by atoms with van der Waals surface area (Å²) in [5.74, 6) is 0.362. The van der Waals surface area contributed by atoms with Gasteiger partial charge in [0.2, 0.25) is 0 Å². The Balaban J connectivity index is 2.25. The summed E-state index contributed by atoms with van der Waals surface area (Å²) in [4.78, 5) is 10.7. The van der Waals surface area contributed by atoms with Crippen LogP contribution in [-0.4, -0.2) is 12.5 Å². The number of carbonyl (C=O) groups is 1. The van der Waals surface area contributed by atoms with E-state index in [1.165, 1.54) is 12.5 Å². The standard InChI is InChI=1S/C10H11NO2/c1-7(12)13-9-2-3-10-8(6-9)4-5-11-10/h2-3,6,11H,4-5H2,1H3. The number of anilines is 1. The molecular formula is C10H11NO2. The summed E-state index contributed by atoms with van der Waals surface area (Å²) in [6, 6.07) is 5.66. The molecule has 1 aliphatic heterocycles. The highest BCUT2D eigenvalue weighted by Crippen LogP contribution is 2.26. The van der Waals surface area contributed by atoms with Gasteiger partial charge < -0.3 is 10.1 Å². The van der Waals surface area contributed by atoms with Crippen molar-refractivity contribution in [3.05, 3.63) is 23.8 Å². The Labute approximate surface area is 76.7 Å². The van der Waals surface area contributed by atoms with E-state index in [1.54, 1.807) is 6.07 Å². The smallest absolute Gasteiger partial charge is 0.308 e. The van der Waals surface area contributed by atoms with Gasteiger partial charge in [0, 0.05) is 19.2 Å². The van der Waals surface area contributed by atoms with E-state index in [-0.39, 0.29) is 5.97 Å². The Morgan fingerprint density at radius 2 is 2.38 bits per heavy atom. The minimum atomic E-state index is -0.272.